The molecule has 0 aliphatic heterocycles. The maximum atomic E-state index is 11.8. The van der Waals surface area contributed by atoms with Crippen LogP contribution >= 0.6 is 0 Å². The van der Waals surface area contributed by atoms with Crippen LogP contribution in [0.2, 0.25) is 0 Å². The predicted molar refractivity (Wildman–Crippen MR) is 63.1 cm³/mol. The van der Waals surface area contributed by atoms with Crippen molar-refractivity contribution in [2.24, 2.45) is 11.8 Å². The highest BCUT2D eigenvalue weighted by atomic mass is 16.4. The van der Waals surface area contributed by atoms with Crippen molar-refractivity contribution in [2.75, 3.05) is 13.1 Å². The van der Waals surface area contributed by atoms with Crippen molar-refractivity contribution >= 4 is 11.9 Å². The first-order chi connectivity index (χ1) is 7.90. The van der Waals surface area contributed by atoms with E-state index >= 15 is 0 Å². The Morgan fingerprint density at radius 1 is 1.35 bits per heavy atom. The largest absolute Gasteiger partial charge is 0.481 e. The molecule has 0 aliphatic rings. The molecule has 0 radical (unpaired) electrons. The Balaban J connectivity index is 4.26. The Morgan fingerprint density at radius 2 is 1.94 bits per heavy atom. The molecule has 0 saturated carbocycles. The van der Waals surface area contributed by atoms with Gasteiger partial charge >= 0.3 is 5.97 Å². The fraction of sp³-hybridized carbons (Fsp3) is 0.750. The molecule has 0 spiro atoms. The molecule has 0 saturated heterocycles. The van der Waals surface area contributed by atoms with Crippen molar-refractivity contribution in [1.29, 1.82) is 5.26 Å². The van der Waals surface area contributed by atoms with Gasteiger partial charge in [0, 0.05) is 25.9 Å². The van der Waals surface area contributed by atoms with Gasteiger partial charge in [0.2, 0.25) is 5.91 Å². The first-order valence-electron chi connectivity index (χ1n) is 5.79. The summed E-state index contributed by atoms with van der Waals surface area (Å²) >= 11 is 0. The molecule has 5 nitrogen and oxygen atoms in total. The van der Waals surface area contributed by atoms with E-state index < -0.39 is 5.97 Å². The number of hydrogen-bond acceptors (Lipinski definition) is 3. The van der Waals surface area contributed by atoms with Crippen molar-refractivity contribution < 1.29 is 14.7 Å². The molecule has 5 heteroatoms. The Kier molecular flexibility index (Phi) is 6.95. The minimum absolute atomic E-state index is 0.00288. The maximum absolute atomic E-state index is 11.8. The third-order valence-corrected chi connectivity index (χ3v) is 2.50. The maximum Gasteiger partial charge on any atom is 0.303 e. The first kappa shape index (κ1) is 15.4. The first-order valence-corrected chi connectivity index (χ1v) is 5.79. The summed E-state index contributed by atoms with van der Waals surface area (Å²) in [6.07, 6.45) is 0.218. The van der Waals surface area contributed by atoms with Gasteiger partial charge in [-0.25, -0.2) is 0 Å². The summed E-state index contributed by atoms with van der Waals surface area (Å²) in [4.78, 5) is 23.9. The lowest BCUT2D eigenvalue weighted by molar-refractivity contribution is -0.138. The van der Waals surface area contributed by atoms with Crippen LogP contribution in [0.15, 0.2) is 0 Å². The number of nitriles is 1. The second kappa shape index (κ2) is 7.66. The fourth-order valence-electron chi connectivity index (χ4n) is 1.58. The summed E-state index contributed by atoms with van der Waals surface area (Å²) in [5, 5.41) is 17.3. The molecule has 1 N–H and O–H groups in total. The summed E-state index contributed by atoms with van der Waals surface area (Å²) in [6.45, 7) is 6.31. The fourth-order valence-corrected chi connectivity index (χ4v) is 1.58. The Morgan fingerprint density at radius 3 is 2.35 bits per heavy atom. The summed E-state index contributed by atoms with van der Waals surface area (Å²) < 4.78 is 0. The summed E-state index contributed by atoms with van der Waals surface area (Å²) in [7, 11) is 0. The monoisotopic (exact) mass is 240 g/mol. The van der Waals surface area contributed by atoms with Crippen LogP contribution in [0.1, 0.15) is 33.6 Å². The van der Waals surface area contributed by atoms with Gasteiger partial charge in [0.05, 0.1) is 12.0 Å². The topological polar surface area (TPSA) is 81.4 Å². The number of carboxylic acids is 1. The second-order valence-electron chi connectivity index (χ2n) is 4.37. The molecule has 2 unspecified atom stereocenters. The highest BCUT2D eigenvalue weighted by Gasteiger charge is 2.18. The number of rotatable bonds is 7. The van der Waals surface area contributed by atoms with E-state index in [9.17, 15) is 9.59 Å². The average Bonchev–Trinajstić information content (AvgIpc) is 2.23. The molecular formula is C12H20N2O3. The molecule has 0 rings (SSSR count). The smallest absolute Gasteiger partial charge is 0.303 e. The molecule has 0 aromatic rings. The van der Waals surface area contributed by atoms with Crippen LogP contribution in [0.5, 0.6) is 0 Å². The van der Waals surface area contributed by atoms with Crippen LogP contribution in [0.25, 0.3) is 0 Å². The minimum Gasteiger partial charge on any atom is -0.481 e. The van der Waals surface area contributed by atoms with Crippen molar-refractivity contribution in [3.05, 3.63) is 0 Å². The lowest BCUT2D eigenvalue weighted by atomic mass is 10.0. The van der Waals surface area contributed by atoms with E-state index in [0.717, 1.165) is 0 Å². The quantitative estimate of drug-likeness (QED) is 0.731. The SMILES string of the molecule is CCN(CC(C)C#N)C(=O)CC(C)CC(=O)O. The summed E-state index contributed by atoms with van der Waals surface area (Å²) in [5.74, 6) is -1.35. The highest BCUT2D eigenvalue weighted by Crippen LogP contribution is 2.11. The van der Waals surface area contributed by atoms with Crippen LogP contribution in [0, 0.1) is 23.2 Å². The van der Waals surface area contributed by atoms with Gasteiger partial charge in [-0.3, -0.25) is 9.59 Å². The third kappa shape index (κ3) is 6.56. The highest BCUT2D eigenvalue weighted by molar-refractivity contribution is 5.77. The lowest BCUT2D eigenvalue weighted by Gasteiger charge is -2.23. The van der Waals surface area contributed by atoms with E-state index in [-0.39, 0.29) is 30.6 Å². The van der Waals surface area contributed by atoms with E-state index in [1.165, 1.54) is 0 Å². The van der Waals surface area contributed by atoms with Gasteiger partial charge in [0.1, 0.15) is 0 Å². The molecule has 0 heterocycles. The van der Waals surface area contributed by atoms with Crippen LogP contribution in [0.4, 0.5) is 0 Å². The van der Waals surface area contributed by atoms with E-state index in [2.05, 4.69) is 6.07 Å². The second-order valence-corrected chi connectivity index (χ2v) is 4.37. The molecule has 0 aromatic heterocycles. The van der Waals surface area contributed by atoms with E-state index in [1.807, 2.05) is 6.92 Å². The number of aliphatic carboxylic acids is 1. The summed E-state index contributed by atoms with van der Waals surface area (Å²) in [6, 6.07) is 2.08. The van der Waals surface area contributed by atoms with Gasteiger partial charge in [0.25, 0.3) is 0 Å². The van der Waals surface area contributed by atoms with Crippen LogP contribution < -0.4 is 0 Å². The van der Waals surface area contributed by atoms with Crippen molar-refractivity contribution in [2.45, 2.75) is 33.6 Å². The normalized spacial score (nSPS) is 13.5. The molecule has 0 aliphatic carbocycles. The van der Waals surface area contributed by atoms with Gasteiger partial charge in [-0.2, -0.15) is 5.26 Å². The number of amides is 1. The Hall–Kier alpha value is -1.57. The Labute approximate surface area is 102 Å². The van der Waals surface area contributed by atoms with E-state index in [0.29, 0.717) is 13.1 Å². The molecule has 2 atom stereocenters. The molecule has 0 bridgehead atoms. The zero-order valence-electron chi connectivity index (χ0n) is 10.6. The Bertz CT molecular complexity index is 309. The van der Waals surface area contributed by atoms with Gasteiger partial charge < -0.3 is 10.0 Å². The van der Waals surface area contributed by atoms with Gasteiger partial charge in [0.15, 0.2) is 0 Å². The number of carboxylic acid groups (broad SMARTS) is 1. The van der Waals surface area contributed by atoms with Crippen LogP contribution in [-0.4, -0.2) is 35.0 Å². The zero-order chi connectivity index (χ0) is 13.4. The van der Waals surface area contributed by atoms with Crippen molar-refractivity contribution in [3.63, 3.8) is 0 Å². The van der Waals surface area contributed by atoms with Crippen LogP contribution in [-0.2, 0) is 9.59 Å². The third-order valence-electron chi connectivity index (χ3n) is 2.50. The lowest BCUT2D eigenvalue weighted by Crippen LogP contribution is -2.35. The molecule has 1 amide bonds. The standard InChI is InChI=1S/C12H20N2O3/c1-4-14(8-10(3)7-13)11(15)5-9(2)6-12(16)17/h9-10H,4-6,8H2,1-3H3,(H,16,17). The van der Waals surface area contributed by atoms with Gasteiger partial charge in [-0.05, 0) is 19.8 Å². The molecule has 0 fully saturated rings. The number of hydrogen-bond donors (Lipinski definition) is 1. The van der Waals surface area contributed by atoms with Gasteiger partial charge in [-0.1, -0.05) is 6.92 Å². The zero-order valence-corrected chi connectivity index (χ0v) is 10.6. The molecule has 17 heavy (non-hydrogen) atoms. The minimum atomic E-state index is -0.890. The van der Waals surface area contributed by atoms with E-state index in [4.69, 9.17) is 10.4 Å². The summed E-state index contributed by atoms with van der Waals surface area (Å²) in [5.41, 5.74) is 0. The molecular weight excluding hydrogens is 220 g/mol. The molecule has 96 valence electrons. The van der Waals surface area contributed by atoms with Crippen molar-refractivity contribution in [1.82, 2.24) is 4.90 Å². The van der Waals surface area contributed by atoms with Gasteiger partial charge in [-0.15, -0.1) is 0 Å². The number of carbonyl (C=O) groups excluding carboxylic acids is 1. The number of nitrogens with zero attached hydrogens (tertiary/aromatic N) is 2. The average molecular weight is 240 g/mol. The van der Waals surface area contributed by atoms with Crippen LogP contribution in [0.3, 0.4) is 0 Å². The number of carbonyl (C=O) groups is 2. The molecule has 0 aromatic carbocycles. The predicted octanol–water partition coefficient (Wildman–Crippen LogP) is 1.50. The van der Waals surface area contributed by atoms with Crippen molar-refractivity contribution in [3.8, 4) is 6.07 Å². The van der Waals surface area contributed by atoms with E-state index in [1.54, 1.807) is 18.7 Å².